The lowest BCUT2D eigenvalue weighted by molar-refractivity contribution is -0.114. The Labute approximate surface area is 94.0 Å². The number of para-hydroxylation sites is 1. The van der Waals surface area contributed by atoms with Gasteiger partial charge in [-0.15, -0.1) is 11.8 Å². The van der Waals surface area contributed by atoms with E-state index >= 15 is 0 Å². The van der Waals surface area contributed by atoms with E-state index in [1.165, 1.54) is 11.0 Å². The van der Waals surface area contributed by atoms with Gasteiger partial charge in [0.2, 0.25) is 5.91 Å². The van der Waals surface area contributed by atoms with Crippen molar-refractivity contribution in [2.45, 2.75) is 11.3 Å². The molecule has 0 unspecified atom stereocenters. The van der Waals surface area contributed by atoms with Crippen molar-refractivity contribution in [3.05, 3.63) is 36.9 Å². The molecule has 0 radical (unpaired) electrons. The molecule has 1 aromatic rings. The lowest BCUT2D eigenvalue weighted by Gasteiger charge is -2.20. The van der Waals surface area contributed by atoms with Crippen LogP contribution >= 0.6 is 11.8 Å². The second-order valence-corrected chi connectivity index (χ2v) is 4.50. The molecule has 0 N–H and O–H groups in total. The third-order valence-corrected chi connectivity index (χ3v) is 3.53. The molecule has 1 aliphatic rings. The van der Waals surface area contributed by atoms with E-state index in [9.17, 15) is 4.79 Å². The molecule has 1 amide bonds. The van der Waals surface area contributed by atoms with Crippen molar-refractivity contribution in [1.29, 1.82) is 0 Å². The van der Waals surface area contributed by atoms with Crippen LogP contribution in [0.15, 0.2) is 41.8 Å². The zero-order valence-corrected chi connectivity index (χ0v) is 9.30. The van der Waals surface area contributed by atoms with Gasteiger partial charge in [-0.1, -0.05) is 18.7 Å². The minimum absolute atomic E-state index is 0.00931. The summed E-state index contributed by atoms with van der Waals surface area (Å²) in [6.07, 6.45) is 2.41. The van der Waals surface area contributed by atoms with Gasteiger partial charge in [0.15, 0.2) is 0 Å². The van der Waals surface area contributed by atoms with Gasteiger partial charge in [0, 0.05) is 11.4 Å². The predicted octanol–water partition coefficient (Wildman–Crippen LogP) is 2.70. The lowest BCUT2D eigenvalue weighted by Crippen LogP contribution is -2.29. The number of hydrogen-bond donors (Lipinski definition) is 0. The van der Waals surface area contributed by atoms with Crippen molar-refractivity contribution in [2.24, 2.45) is 0 Å². The summed E-state index contributed by atoms with van der Waals surface area (Å²) in [7, 11) is 0. The molecule has 0 saturated heterocycles. The summed E-state index contributed by atoms with van der Waals surface area (Å²) in [5, 5.41) is 0. The van der Waals surface area contributed by atoms with Crippen LogP contribution in [0.1, 0.15) is 6.42 Å². The van der Waals surface area contributed by atoms with Gasteiger partial charge >= 0.3 is 0 Å². The van der Waals surface area contributed by atoms with Crippen LogP contribution in [0.25, 0.3) is 0 Å². The number of nitrogens with zero attached hydrogens (tertiary/aromatic N) is 1. The van der Waals surface area contributed by atoms with Crippen molar-refractivity contribution < 1.29 is 4.79 Å². The van der Waals surface area contributed by atoms with Gasteiger partial charge in [-0.25, -0.2) is 0 Å². The average Bonchev–Trinajstić information content (AvgIpc) is 2.50. The second kappa shape index (κ2) is 4.53. The van der Waals surface area contributed by atoms with Crippen LogP contribution in [0, 0.1) is 0 Å². The zero-order valence-electron chi connectivity index (χ0n) is 8.48. The van der Waals surface area contributed by atoms with Gasteiger partial charge in [0.05, 0.1) is 5.69 Å². The highest BCUT2D eigenvalue weighted by atomic mass is 32.2. The quantitative estimate of drug-likeness (QED) is 0.677. The first-order valence-corrected chi connectivity index (χ1v) is 5.97. The summed E-state index contributed by atoms with van der Waals surface area (Å²) in [5.74, 6) is 1.06. The summed E-state index contributed by atoms with van der Waals surface area (Å²) in [4.78, 5) is 14.7. The Hall–Kier alpha value is -1.22. The third-order valence-electron chi connectivity index (χ3n) is 2.38. The first-order chi connectivity index (χ1) is 7.33. The highest BCUT2D eigenvalue weighted by Gasteiger charge is 2.18. The molecular formula is C12H13NOS. The summed E-state index contributed by atoms with van der Waals surface area (Å²) in [6, 6.07) is 8.03. The number of carbonyl (C=O) groups is 1. The molecule has 0 atom stereocenters. The Morgan fingerprint density at radius 1 is 1.47 bits per heavy atom. The summed E-state index contributed by atoms with van der Waals surface area (Å²) >= 11 is 1.81. The number of hydrogen-bond acceptors (Lipinski definition) is 2. The molecule has 0 bridgehead atoms. The molecule has 0 spiro atoms. The van der Waals surface area contributed by atoms with Crippen LogP contribution in [0.5, 0.6) is 0 Å². The van der Waals surface area contributed by atoms with Crippen LogP contribution < -0.4 is 4.90 Å². The second-order valence-electron chi connectivity index (χ2n) is 3.36. The Morgan fingerprint density at radius 3 is 3.07 bits per heavy atom. The smallest absolute Gasteiger partial charge is 0.250 e. The van der Waals surface area contributed by atoms with Crippen LogP contribution in [0.3, 0.4) is 0 Å². The van der Waals surface area contributed by atoms with E-state index in [-0.39, 0.29) is 5.91 Å². The molecule has 78 valence electrons. The van der Waals surface area contributed by atoms with Gasteiger partial charge < -0.3 is 4.90 Å². The molecule has 1 aromatic carbocycles. The zero-order chi connectivity index (χ0) is 10.7. The number of thioether (sulfide) groups is 1. The molecule has 2 nitrogen and oxygen atoms in total. The maximum Gasteiger partial charge on any atom is 0.250 e. The topological polar surface area (TPSA) is 20.3 Å². The van der Waals surface area contributed by atoms with Crippen molar-refractivity contribution in [1.82, 2.24) is 0 Å². The van der Waals surface area contributed by atoms with Gasteiger partial charge in [-0.05, 0) is 30.4 Å². The number of amides is 1. The molecular weight excluding hydrogens is 206 g/mol. The van der Waals surface area contributed by atoms with E-state index in [1.807, 2.05) is 34.9 Å². The first-order valence-electron chi connectivity index (χ1n) is 4.98. The van der Waals surface area contributed by atoms with Gasteiger partial charge in [-0.3, -0.25) is 4.79 Å². The van der Waals surface area contributed by atoms with Gasteiger partial charge in [-0.2, -0.15) is 0 Å². The van der Waals surface area contributed by atoms with Crippen molar-refractivity contribution in [3.63, 3.8) is 0 Å². The SMILES string of the molecule is C=CC(=O)N1CCCSc2ccccc21. The van der Waals surface area contributed by atoms with Crippen LogP contribution in [0.4, 0.5) is 5.69 Å². The number of anilines is 1. The highest BCUT2D eigenvalue weighted by Crippen LogP contribution is 2.33. The third kappa shape index (κ3) is 2.07. The summed E-state index contributed by atoms with van der Waals surface area (Å²) in [5.41, 5.74) is 1.02. The first kappa shape index (κ1) is 10.3. The van der Waals surface area contributed by atoms with E-state index in [4.69, 9.17) is 0 Å². The monoisotopic (exact) mass is 219 g/mol. The molecule has 2 rings (SSSR count). The molecule has 15 heavy (non-hydrogen) atoms. The van der Waals surface area contributed by atoms with E-state index in [0.29, 0.717) is 0 Å². The largest absolute Gasteiger partial charge is 0.308 e. The maximum absolute atomic E-state index is 11.7. The van der Waals surface area contributed by atoms with Crippen molar-refractivity contribution in [2.75, 3.05) is 17.2 Å². The normalized spacial score (nSPS) is 15.3. The standard InChI is InChI=1S/C12H13NOS/c1-2-12(14)13-8-5-9-15-11-7-4-3-6-10(11)13/h2-4,6-7H,1,5,8-9H2. The van der Waals surface area contributed by atoms with Crippen LogP contribution in [0.2, 0.25) is 0 Å². The van der Waals surface area contributed by atoms with Crippen molar-refractivity contribution >= 4 is 23.4 Å². The fourth-order valence-corrected chi connectivity index (χ4v) is 2.66. The van der Waals surface area contributed by atoms with E-state index in [1.54, 1.807) is 0 Å². The Balaban J connectivity index is 2.41. The van der Waals surface area contributed by atoms with Gasteiger partial charge in [0.1, 0.15) is 0 Å². The molecule has 1 heterocycles. The number of rotatable bonds is 1. The van der Waals surface area contributed by atoms with E-state index in [2.05, 4.69) is 12.6 Å². The minimum atomic E-state index is -0.00931. The average molecular weight is 219 g/mol. The predicted molar refractivity (Wildman–Crippen MR) is 64.3 cm³/mol. The molecule has 0 saturated carbocycles. The molecule has 3 heteroatoms. The van der Waals surface area contributed by atoms with Crippen molar-refractivity contribution in [3.8, 4) is 0 Å². The Kier molecular flexibility index (Phi) is 3.11. The summed E-state index contributed by atoms with van der Waals surface area (Å²) < 4.78 is 0. The number of carbonyl (C=O) groups excluding carboxylic acids is 1. The minimum Gasteiger partial charge on any atom is -0.308 e. The van der Waals surface area contributed by atoms with E-state index < -0.39 is 0 Å². The Morgan fingerprint density at radius 2 is 2.27 bits per heavy atom. The fourth-order valence-electron chi connectivity index (χ4n) is 1.67. The Bertz CT molecular complexity index is 389. The van der Waals surface area contributed by atoms with Crippen LogP contribution in [-0.2, 0) is 4.79 Å². The van der Waals surface area contributed by atoms with Gasteiger partial charge in [0.25, 0.3) is 0 Å². The number of benzene rings is 1. The molecule has 1 aliphatic heterocycles. The highest BCUT2D eigenvalue weighted by molar-refractivity contribution is 7.99. The molecule has 0 aliphatic carbocycles. The maximum atomic E-state index is 11.7. The molecule has 0 aromatic heterocycles. The number of fused-ring (bicyclic) bond motifs is 1. The molecule has 0 fully saturated rings. The summed E-state index contributed by atoms with van der Waals surface area (Å²) in [6.45, 7) is 4.33. The lowest BCUT2D eigenvalue weighted by atomic mass is 10.2. The van der Waals surface area contributed by atoms with E-state index in [0.717, 1.165) is 24.4 Å². The van der Waals surface area contributed by atoms with Crippen LogP contribution in [-0.4, -0.2) is 18.2 Å². The fraction of sp³-hybridized carbons (Fsp3) is 0.250.